The molecule has 0 saturated carbocycles. The van der Waals surface area contributed by atoms with Crippen LogP contribution in [0.4, 0.5) is 5.82 Å². The summed E-state index contributed by atoms with van der Waals surface area (Å²) in [6.45, 7) is 1.88. The van der Waals surface area contributed by atoms with Crippen molar-refractivity contribution >= 4 is 34.4 Å². The van der Waals surface area contributed by atoms with Gasteiger partial charge < -0.3 is 15.5 Å². The molecule has 0 unspecified atom stereocenters. The Morgan fingerprint density at radius 2 is 2.00 bits per heavy atom. The lowest BCUT2D eigenvalue weighted by molar-refractivity contribution is -0.131. The zero-order valence-electron chi connectivity index (χ0n) is 16.3. The molecule has 0 bridgehead atoms. The molecule has 2 N–H and O–H groups in total. The van der Waals surface area contributed by atoms with Crippen molar-refractivity contribution < 1.29 is 4.79 Å². The number of halogens is 1. The fraction of sp³-hybridized carbons (Fsp3) is 0.300. The molecule has 2 aromatic heterocycles. The molecule has 1 aromatic carbocycles. The van der Waals surface area contributed by atoms with Crippen molar-refractivity contribution in [3.63, 3.8) is 0 Å². The van der Waals surface area contributed by atoms with E-state index in [2.05, 4.69) is 9.97 Å². The van der Waals surface area contributed by atoms with Crippen molar-refractivity contribution in [2.75, 3.05) is 39.5 Å². The first-order chi connectivity index (χ1) is 13.9. The van der Waals surface area contributed by atoms with Crippen LogP contribution in [0.5, 0.6) is 0 Å². The van der Waals surface area contributed by atoms with Gasteiger partial charge in [-0.15, -0.1) is 0 Å². The first-order valence-corrected chi connectivity index (χ1v) is 9.66. The van der Waals surface area contributed by atoms with Gasteiger partial charge in [-0.25, -0.2) is 14.6 Å². The number of benzene rings is 1. The Kier molecular flexibility index (Phi) is 5.21. The minimum absolute atomic E-state index is 0.00614. The SMILES string of the molecule is CN(C)CC=CC(=O)N1CC(n2nc(-c3ccc(Cl)cc3)c3c(N)ncnc32)C1. The van der Waals surface area contributed by atoms with Gasteiger partial charge in [0.25, 0.3) is 0 Å². The van der Waals surface area contributed by atoms with E-state index < -0.39 is 0 Å². The summed E-state index contributed by atoms with van der Waals surface area (Å²) in [5, 5.41) is 6.14. The number of amides is 1. The van der Waals surface area contributed by atoms with Gasteiger partial charge in [0, 0.05) is 36.3 Å². The third kappa shape index (κ3) is 3.81. The van der Waals surface area contributed by atoms with Gasteiger partial charge in [0.2, 0.25) is 5.91 Å². The van der Waals surface area contributed by atoms with Gasteiger partial charge >= 0.3 is 0 Å². The number of likely N-dealkylation sites (N-methyl/N-ethyl adjacent to an activating group) is 1. The van der Waals surface area contributed by atoms with Crippen molar-refractivity contribution in [3.8, 4) is 11.3 Å². The van der Waals surface area contributed by atoms with Crippen LogP contribution in [0.3, 0.4) is 0 Å². The van der Waals surface area contributed by atoms with Crippen LogP contribution >= 0.6 is 11.6 Å². The van der Waals surface area contributed by atoms with Crippen LogP contribution in [0.1, 0.15) is 6.04 Å². The van der Waals surface area contributed by atoms with Gasteiger partial charge in [0.1, 0.15) is 17.8 Å². The molecule has 0 atom stereocenters. The monoisotopic (exact) mass is 411 g/mol. The number of rotatable bonds is 5. The van der Waals surface area contributed by atoms with Crippen LogP contribution in [0.25, 0.3) is 22.3 Å². The fourth-order valence-corrected chi connectivity index (χ4v) is 3.45. The molecule has 1 fully saturated rings. The number of carbonyl (C=O) groups excluding carboxylic acids is 1. The summed E-state index contributed by atoms with van der Waals surface area (Å²) in [5.41, 5.74) is 8.41. The van der Waals surface area contributed by atoms with Crippen molar-refractivity contribution in [3.05, 3.63) is 47.8 Å². The Morgan fingerprint density at radius 1 is 1.28 bits per heavy atom. The molecule has 29 heavy (non-hydrogen) atoms. The molecule has 3 heterocycles. The van der Waals surface area contributed by atoms with Gasteiger partial charge in [-0.3, -0.25) is 4.79 Å². The summed E-state index contributed by atoms with van der Waals surface area (Å²) in [4.78, 5) is 24.6. The Hall–Kier alpha value is -2.97. The van der Waals surface area contributed by atoms with Gasteiger partial charge in [-0.1, -0.05) is 29.8 Å². The predicted octanol–water partition coefficient (Wildman–Crippen LogP) is 2.23. The maximum absolute atomic E-state index is 12.3. The molecule has 1 saturated heterocycles. The van der Waals surface area contributed by atoms with Crippen LogP contribution in [-0.4, -0.2) is 69.2 Å². The van der Waals surface area contributed by atoms with Crippen molar-refractivity contribution in [2.24, 2.45) is 0 Å². The van der Waals surface area contributed by atoms with Crippen molar-refractivity contribution in [2.45, 2.75) is 6.04 Å². The smallest absolute Gasteiger partial charge is 0.246 e. The van der Waals surface area contributed by atoms with Crippen molar-refractivity contribution in [1.82, 2.24) is 29.5 Å². The van der Waals surface area contributed by atoms with E-state index in [0.29, 0.717) is 40.7 Å². The topological polar surface area (TPSA) is 93.2 Å². The van der Waals surface area contributed by atoms with E-state index in [4.69, 9.17) is 22.4 Å². The normalized spacial score (nSPS) is 14.8. The number of fused-ring (bicyclic) bond motifs is 1. The number of likely N-dealkylation sites (tertiary alicyclic amines) is 1. The van der Waals surface area contributed by atoms with Gasteiger partial charge in [-0.2, -0.15) is 5.10 Å². The van der Waals surface area contributed by atoms with E-state index >= 15 is 0 Å². The number of nitrogens with two attached hydrogens (primary N) is 1. The molecule has 1 aliphatic rings. The maximum Gasteiger partial charge on any atom is 0.246 e. The quantitative estimate of drug-likeness (QED) is 0.647. The third-order valence-corrected chi connectivity index (χ3v) is 5.14. The Morgan fingerprint density at radius 3 is 2.69 bits per heavy atom. The lowest BCUT2D eigenvalue weighted by Gasteiger charge is -2.38. The average Bonchev–Trinajstić information content (AvgIpc) is 3.02. The second-order valence-electron chi connectivity index (χ2n) is 7.32. The highest BCUT2D eigenvalue weighted by Crippen LogP contribution is 2.34. The summed E-state index contributed by atoms with van der Waals surface area (Å²) in [5.74, 6) is 0.386. The molecule has 0 radical (unpaired) electrons. The summed E-state index contributed by atoms with van der Waals surface area (Å²) in [6, 6.07) is 7.45. The number of aromatic nitrogens is 4. The maximum atomic E-state index is 12.3. The van der Waals surface area contributed by atoms with E-state index in [0.717, 1.165) is 12.1 Å². The van der Waals surface area contributed by atoms with Crippen LogP contribution in [0.15, 0.2) is 42.7 Å². The largest absolute Gasteiger partial charge is 0.383 e. The van der Waals surface area contributed by atoms with Crippen molar-refractivity contribution in [1.29, 1.82) is 0 Å². The minimum Gasteiger partial charge on any atom is -0.383 e. The number of anilines is 1. The van der Waals surface area contributed by atoms with Crippen LogP contribution in [-0.2, 0) is 4.79 Å². The number of carbonyl (C=O) groups is 1. The molecule has 0 spiro atoms. The molecule has 9 heteroatoms. The molecule has 3 aromatic rings. The summed E-state index contributed by atoms with van der Waals surface area (Å²) in [6.07, 6.45) is 4.93. The molecular weight excluding hydrogens is 390 g/mol. The zero-order valence-corrected chi connectivity index (χ0v) is 17.0. The first kappa shape index (κ1) is 19.4. The third-order valence-electron chi connectivity index (χ3n) is 4.89. The second kappa shape index (κ2) is 7.81. The van der Waals surface area contributed by atoms with E-state index in [1.54, 1.807) is 11.0 Å². The number of nitrogens with zero attached hydrogens (tertiary/aromatic N) is 6. The summed E-state index contributed by atoms with van der Waals surface area (Å²) in [7, 11) is 3.92. The molecule has 150 valence electrons. The predicted molar refractivity (Wildman–Crippen MR) is 113 cm³/mol. The minimum atomic E-state index is 0.00614. The Bertz CT molecular complexity index is 1070. The first-order valence-electron chi connectivity index (χ1n) is 9.29. The van der Waals surface area contributed by atoms with Crippen LogP contribution in [0, 0.1) is 0 Å². The highest BCUT2D eigenvalue weighted by Gasteiger charge is 2.34. The molecule has 1 aliphatic heterocycles. The second-order valence-corrected chi connectivity index (χ2v) is 7.76. The van der Waals surface area contributed by atoms with Crippen LogP contribution in [0.2, 0.25) is 5.02 Å². The number of hydrogen-bond donors (Lipinski definition) is 1. The summed E-state index contributed by atoms with van der Waals surface area (Å²) >= 11 is 6.01. The van der Waals surface area contributed by atoms with E-state index in [1.165, 1.54) is 6.33 Å². The highest BCUT2D eigenvalue weighted by atomic mass is 35.5. The Labute approximate surface area is 173 Å². The molecule has 1 amide bonds. The van der Waals surface area contributed by atoms with E-state index in [1.807, 2.05) is 54.0 Å². The molecule has 8 nitrogen and oxygen atoms in total. The van der Waals surface area contributed by atoms with Crippen LogP contribution < -0.4 is 5.73 Å². The van der Waals surface area contributed by atoms with E-state index in [-0.39, 0.29) is 11.9 Å². The average molecular weight is 412 g/mol. The number of hydrogen-bond acceptors (Lipinski definition) is 6. The Balaban J connectivity index is 1.60. The van der Waals surface area contributed by atoms with Gasteiger partial charge in [-0.05, 0) is 26.2 Å². The highest BCUT2D eigenvalue weighted by molar-refractivity contribution is 6.30. The zero-order chi connectivity index (χ0) is 20.5. The summed E-state index contributed by atoms with van der Waals surface area (Å²) < 4.78 is 1.85. The lowest BCUT2D eigenvalue weighted by atomic mass is 10.1. The standard InChI is InChI=1S/C20H22ClN7O/c1-26(2)9-3-4-16(29)27-10-15(11-27)28-20-17(19(22)23-12-24-20)18(25-28)13-5-7-14(21)8-6-13/h3-8,12,15H,9-11H2,1-2H3,(H2,22,23,24). The number of nitrogen functional groups attached to an aromatic ring is 1. The van der Waals surface area contributed by atoms with E-state index in [9.17, 15) is 4.79 Å². The molecule has 4 rings (SSSR count). The van der Waals surface area contributed by atoms with Gasteiger partial charge in [0.05, 0.1) is 11.4 Å². The lowest BCUT2D eigenvalue weighted by Crippen LogP contribution is -2.50. The molecular formula is C20H22ClN7O. The van der Waals surface area contributed by atoms with Gasteiger partial charge in [0.15, 0.2) is 5.65 Å². The fourth-order valence-electron chi connectivity index (χ4n) is 3.32. The molecule has 0 aliphatic carbocycles.